The summed E-state index contributed by atoms with van der Waals surface area (Å²) in [4.78, 5) is 9.31. The van der Waals surface area contributed by atoms with E-state index >= 15 is 0 Å². The van der Waals surface area contributed by atoms with Crippen molar-refractivity contribution in [3.8, 4) is 0 Å². The van der Waals surface area contributed by atoms with Crippen molar-refractivity contribution in [3.05, 3.63) is 54.2 Å². The molecule has 0 amide bonds. The fourth-order valence-electron chi connectivity index (χ4n) is 4.10. The van der Waals surface area contributed by atoms with E-state index in [0.29, 0.717) is 26.1 Å². The van der Waals surface area contributed by atoms with Crippen LogP contribution in [-0.4, -0.2) is 47.9 Å². The van der Waals surface area contributed by atoms with Gasteiger partial charge in [0.15, 0.2) is 5.82 Å². The third-order valence-electron chi connectivity index (χ3n) is 5.74. The van der Waals surface area contributed by atoms with E-state index in [0.717, 1.165) is 42.2 Å². The molecule has 1 spiro atoms. The molecule has 1 atom stereocenters. The minimum absolute atomic E-state index is 0.196. The van der Waals surface area contributed by atoms with E-state index in [4.69, 9.17) is 4.99 Å². The Balaban J connectivity index is 1.66. The number of sulfonamides is 1. The highest BCUT2D eigenvalue weighted by molar-refractivity contribution is 7.89. The number of amidine groups is 1. The summed E-state index contributed by atoms with van der Waals surface area (Å²) < 4.78 is 27.5. The molecule has 1 aromatic carbocycles. The van der Waals surface area contributed by atoms with Crippen molar-refractivity contribution in [1.29, 1.82) is 0 Å². The van der Waals surface area contributed by atoms with Gasteiger partial charge in [0.2, 0.25) is 10.0 Å². The number of hydrogen-bond acceptors (Lipinski definition) is 5. The summed E-state index contributed by atoms with van der Waals surface area (Å²) >= 11 is 0. The maximum atomic E-state index is 12.9. The van der Waals surface area contributed by atoms with Gasteiger partial charge >= 0.3 is 0 Å². The highest BCUT2D eigenvalue weighted by Gasteiger charge is 2.46. The van der Waals surface area contributed by atoms with Crippen LogP contribution in [0.4, 0.5) is 11.5 Å². The fraction of sp³-hybridized carbons (Fsp3) is 0.455. The monoisotopic (exact) mass is 427 g/mol. The molecule has 8 heteroatoms. The first-order valence-electron chi connectivity index (χ1n) is 10.6. The number of piperidine rings is 1. The number of fused-ring (bicyclic) bond motifs is 1. The first-order valence-corrected chi connectivity index (χ1v) is 12.2. The molecule has 0 bridgehead atoms. The Bertz CT molecular complexity index is 1010. The zero-order chi connectivity index (χ0) is 21.0. The predicted molar refractivity (Wildman–Crippen MR) is 121 cm³/mol. The zero-order valence-corrected chi connectivity index (χ0v) is 18.2. The van der Waals surface area contributed by atoms with Crippen LogP contribution in [0.2, 0.25) is 0 Å². The molecule has 0 aliphatic carbocycles. The maximum Gasteiger partial charge on any atom is 0.214 e. The van der Waals surface area contributed by atoms with Gasteiger partial charge in [0.25, 0.3) is 0 Å². The Morgan fingerprint density at radius 1 is 1.20 bits per heavy atom. The Morgan fingerprint density at radius 3 is 2.83 bits per heavy atom. The second-order valence-electron chi connectivity index (χ2n) is 7.99. The maximum absolute atomic E-state index is 12.9. The van der Waals surface area contributed by atoms with Crippen molar-refractivity contribution >= 4 is 27.4 Å². The first kappa shape index (κ1) is 20.8. The van der Waals surface area contributed by atoms with Crippen molar-refractivity contribution in [2.45, 2.75) is 44.7 Å². The van der Waals surface area contributed by atoms with Gasteiger partial charge in [-0.05, 0) is 37.0 Å². The smallest absolute Gasteiger partial charge is 0.214 e. The molecule has 160 valence electrons. The first-order chi connectivity index (χ1) is 14.5. The highest BCUT2D eigenvalue weighted by Crippen LogP contribution is 2.36. The Kier molecular flexibility index (Phi) is 6.06. The topological polar surface area (TPSA) is 86.7 Å². The van der Waals surface area contributed by atoms with Gasteiger partial charge in [-0.3, -0.25) is 4.99 Å². The standard InChI is InChI=1S/C22H29N5O2S/c1-2-3-15-30(28,29)27-14-8-12-22(17-27)21(24-16-18-9-5-4-6-10-18)25-20-19(26-22)11-7-13-23-20/h4-7,9-11,13,26H,2-3,8,12,14-17H2,1H3,(H,23,24,25). The third kappa shape index (κ3) is 4.34. The largest absolute Gasteiger partial charge is 0.369 e. The van der Waals surface area contributed by atoms with Crippen LogP contribution in [0.15, 0.2) is 53.7 Å². The number of nitrogens with one attached hydrogen (secondary N) is 2. The molecule has 1 fully saturated rings. The number of aliphatic imine (C=N–C) groups is 1. The average molecular weight is 428 g/mol. The molecule has 2 aliphatic rings. The van der Waals surface area contributed by atoms with Gasteiger partial charge in [-0.2, -0.15) is 4.31 Å². The van der Waals surface area contributed by atoms with E-state index in [2.05, 4.69) is 15.6 Å². The lowest BCUT2D eigenvalue weighted by atomic mass is 9.86. The average Bonchev–Trinajstić information content (AvgIpc) is 2.77. The van der Waals surface area contributed by atoms with Gasteiger partial charge in [0.1, 0.15) is 11.4 Å². The van der Waals surface area contributed by atoms with Gasteiger partial charge in [0, 0.05) is 19.3 Å². The summed E-state index contributed by atoms with van der Waals surface area (Å²) in [6.07, 6.45) is 4.87. The number of hydrogen-bond donors (Lipinski definition) is 2. The summed E-state index contributed by atoms with van der Waals surface area (Å²) in [6, 6.07) is 13.9. The van der Waals surface area contributed by atoms with Crippen LogP contribution in [0.3, 0.4) is 0 Å². The van der Waals surface area contributed by atoms with Gasteiger partial charge in [0.05, 0.1) is 18.0 Å². The van der Waals surface area contributed by atoms with Gasteiger partial charge in [-0.1, -0.05) is 43.7 Å². The quantitative estimate of drug-likeness (QED) is 0.737. The minimum Gasteiger partial charge on any atom is -0.369 e. The minimum atomic E-state index is -3.29. The summed E-state index contributed by atoms with van der Waals surface area (Å²) in [5.41, 5.74) is 1.41. The Hall–Kier alpha value is -2.45. The molecule has 7 nitrogen and oxygen atoms in total. The van der Waals surface area contributed by atoms with Crippen LogP contribution in [0, 0.1) is 0 Å². The summed E-state index contributed by atoms with van der Waals surface area (Å²) in [5.74, 6) is 1.68. The SMILES string of the molecule is CCCCS(=O)(=O)N1CCCC2(C1)Nc1cccnc1NC2=NCc1ccccc1. The summed E-state index contributed by atoms with van der Waals surface area (Å²) in [5, 5.41) is 6.99. The van der Waals surface area contributed by atoms with E-state index < -0.39 is 15.6 Å². The molecule has 0 radical (unpaired) electrons. The van der Waals surface area contributed by atoms with Crippen molar-refractivity contribution in [2.75, 3.05) is 29.5 Å². The van der Waals surface area contributed by atoms with E-state index in [1.807, 2.05) is 49.4 Å². The molecule has 3 heterocycles. The van der Waals surface area contributed by atoms with Crippen molar-refractivity contribution in [3.63, 3.8) is 0 Å². The number of anilines is 2. The summed E-state index contributed by atoms with van der Waals surface area (Å²) in [6.45, 7) is 3.46. The van der Waals surface area contributed by atoms with Crippen molar-refractivity contribution in [2.24, 2.45) is 4.99 Å². The molecule has 30 heavy (non-hydrogen) atoms. The zero-order valence-electron chi connectivity index (χ0n) is 17.3. The summed E-state index contributed by atoms with van der Waals surface area (Å²) in [7, 11) is -3.29. The molecule has 4 rings (SSSR count). The van der Waals surface area contributed by atoms with Crippen molar-refractivity contribution in [1.82, 2.24) is 9.29 Å². The molecule has 1 aromatic heterocycles. The van der Waals surface area contributed by atoms with Crippen molar-refractivity contribution < 1.29 is 8.42 Å². The molecule has 1 saturated heterocycles. The number of benzene rings is 1. The second-order valence-corrected chi connectivity index (χ2v) is 10.1. The van der Waals surface area contributed by atoms with Crippen LogP contribution in [0.5, 0.6) is 0 Å². The number of nitrogens with zero attached hydrogens (tertiary/aromatic N) is 3. The number of unbranched alkanes of at least 4 members (excludes halogenated alkanes) is 1. The molecular formula is C22H29N5O2S. The van der Waals surface area contributed by atoms with Crippen LogP contribution in [0.25, 0.3) is 0 Å². The lowest BCUT2D eigenvalue weighted by Gasteiger charge is -2.46. The van der Waals surface area contributed by atoms with Gasteiger partial charge in [-0.15, -0.1) is 0 Å². The number of aromatic nitrogens is 1. The van der Waals surface area contributed by atoms with Crippen LogP contribution in [-0.2, 0) is 16.6 Å². The predicted octanol–water partition coefficient (Wildman–Crippen LogP) is 3.48. The van der Waals surface area contributed by atoms with E-state index in [9.17, 15) is 8.42 Å². The van der Waals surface area contributed by atoms with Crippen LogP contribution in [0.1, 0.15) is 38.2 Å². The second kappa shape index (κ2) is 8.73. The van der Waals surface area contributed by atoms with Gasteiger partial charge in [-0.25, -0.2) is 13.4 Å². The molecule has 0 saturated carbocycles. The number of pyridine rings is 1. The van der Waals surface area contributed by atoms with E-state index in [1.165, 1.54) is 0 Å². The normalized spacial score (nSPS) is 23.0. The fourth-order valence-corrected chi connectivity index (χ4v) is 5.84. The molecular weight excluding hydrogens is 398 g/mol. The number of rotatable bonds is 6. The lowest BCUT2D eigenvalue weighted by Crippen LogP contribution is -2.62. The van der Waals surface area contributed by atoms with Crippen LogP contribution < -0.4 is 10.6 Å². The molecule has 2 N–H and O–H groups in total. The Morgan fingerprint density at radius 2 is 2.03 bits per heavy atom. The van der Waals surface area contributed by atoms with E-state index in [-0.39, 0.29) is 5.75 Å². The Labute approximate surface area is 178 Å². The van der Waals surface area contributed by atoms with Gasteiger partial charge < -0.3 is 10.6 Å². The molecule has 2 aliphatic heterocycles. The lowest BCUT2D eigenvalue weighted by molar-refractivity contribution is 0.293. The highest BCUT2D eigenvalue weighted by atomic mass is 32.2. The molecule has 1 unspecified atom stereocenters. The van der Waals surface area contributed by atoms with Crippen LogP contribution >= 0.6 is 0 Å². The third-order valence-corrected chi connectivity index (χ3v) is 7.64. The van der Waals surface area contributed by atoms with E-state index in [1.54, 1.807) is 10.5 Å². The molecule has 2 aromatic rings.